The molecular formula is C25H22BrN3O5S. The number of aromatic nitrogens is 1. The number of aliphatic hydroxyl groups is 1. The molecule has 5 rings (SSSR count). The van der Waals surface area contributed by atoms with E-state index in [4.69, 9.17) is 0 Å². The van der Waals surface area contributed by atoms with Gasteiger partial charge in [0, 0.05) is 29.0 Å². The number of rotatable bonds is 6. The van der Waals surface area contributed by atoms with Crippen LogP contribution in [0.5, 0.6) is 0 Å². The molecule has 0 radical (unpaired) electrons. The van der Waals surface area contributed by atoms with Gasteiger partial charge in [0.15, 0.2) is 0 Å². The van der Waals surface area contributed by atoms with Crippen LogP contribution in [0.25, 0.3) is 0 Å². The van der Waals surface area contributed by atoms with Crippen LogP contribution in [-0.4, -0.2) is 47.1 Å². The van der Waals surface area contributed by atoms with Gasteiger partial charge in [-0.05, 0) is 54.8 Å². The number of benzene rings is 2. The number of hydrogen-bond donors (Lipinski definition) is 1. The molecule has 2 aliphatic rings. The Hall–Kier alpha value is -2.92. The summed E-state index contributed by atoms with van der Waals surface area (Å²) in [7, 11) is -4.02. The molecule has 3 aromatic rings. The van der Waals surface area contributed by atoms with E-state index >= 15 is 0 Å². The first-order chi connectivity index (χ1) is 16.8. The Balaban J connectivity index is 1.44. The zero-order chi connectivity index (χ0) is 24.7. The molecule has 8 nitrogen and oxygen atoms in total. The molecule has 180 valence electrons. The number of anilines is 1. The maximum Gasteiger partial charge on any atom is 0.299 e. The molecule has 0 spiro atoms. The number of fused-ring (bicyclic) bond motifs is 1. The quantitative estimate of drug-likeness (QED) is 0.466. The van der Waals surface area contributed by atoms with Crippen molar-refractivity contribution in [3.05, 3.63) is 88.2 Å². The number of sulfonamides is 1. The van der Waals surface area contributed by atoms with Crippen molar-refractivity contribution in [3.8, 4) is 0 Å². The van der Waals surface area contributed by atoms with Gasteiger partial charge in [0.25, 0.3) is 11.7 Å². The molecule has 1 amide bonds. The average molecular weight is 556 g/mol. The number of ketones is 1. The number of amides is 1. The van der Waals surface area contributed by atoms with Gasteiger partial charge >= 0.3 is 0 Å². The summed E-state index contributed by atoms with van der Waals surface area (Å²) in [6.07, 6.45) is 3.18. The highest BCUT2D eigenvalue weighted by Gasteiger charge is 2.42. The lowest BCUT2D eigenvalue weighted by molar-refractivity contribution is -0.114. The van der Waals surface area contributed by atoms with Crippen LogP contribution in [0.1, 0.15) is 40.4 Å². The highest BCUT2D eigenvalue weighted by Crippen LogP contribution is 2.37. The van der Waals surface area contributed by atoms with Crippen molar-refractivity contribution < 1.29 is 23.1 Å². The van der Waals surface area contributed by atoms with E-state index in [1.807, 2.05) is 24.3 Å². The molecule has 3 heterocycles. The SMILES string of the molecule is O=C1C(=O)N(Cc2ccc(Br)cc2)c2ccc(S(=O)(=O)N3CCCC3C(O)c3cccnc3)cc21. The van der Waals surface area contributed by atoms with Crippen molar-refractivity contribution in [1.29, 1.82) is 0 Å². The number of pyridine rings is 1. The van der Waals surface area contributed by atoms with Crippen LogP contribution in [0.4, 0.5) is 5.69 Å². The Bertz CT molecular complexity index is 1400. The zero-order valence-corrected chi connectivity index (χ0v) is 20.9. The van der Waals surface area contributed by atoms with Crippen molar-refractivity contribution in [1.82, 2.24) is 9.29 Å². The monoisotopic (exact) mass is 555 g/mol. The van der Waals surface area contributed by atoms with E-state index in [2.05, 4.69) is 20.9 Å². The molecule has 35 heavy (non-hydrogen) atoms. The molecule has 2 atom stereocenters. The van der Waals surface area contributed by atoms with E-state index in [0.717, 1.165) is 10.0 Å². The van der Waals surface area contributed by atoms with E-state index in [1.165, 1.54) is 33.6 Å². The second kappa shape index (κ2) is 9.27. The van der Waals surface area contributed by atoms with Crippen LogP contribution in [0, 0.1) is 0 Å². The van der Waals surface area contributed by atoms with Gasteiger partial charge in [0.1, 0.15) is 0 Å². The topological polar surface area (TPSA) is 108 Å². The van der Waals surface area contributed by atoms with E-state index in [9.17, 15) is 23.1 Å². The number of halogens is 1. The number of hydrogen-bond acceptors (Lipinski definition) is 6. The summed E-state index contributed by atoms with van der Waals surface area (Å²) in [4.78, 5) is 30.8. The third kappa shape index (κ3) is 4.31. The average Bonchev–Trinajstić information content (AvgIpc) is 3.46. The first kappa shape index (κ1) is 23.8. The number of Topliss-reactive ketones (excluding diaryl/α,β-unsaturated/α-hetero) is 1. The molecule has 1 fully saturated rings. The summed E-state index contributed by atoms with van der Waals surface area (Å²) in [6, 6.07) is 14.3. The highest BCUT2D eigenvalue weighted by molar-refractivity contribution is 9.10. The van der Waals surface area contributed by atoms with Crippen molar-refractivity contribution in [2.45, 2.75) is 36.4 Å². The first-order valence-electron chi connectivity index (χ1n) is 11.1. The molecule has 1 aromatic heterocycles. The van der Waals surface area contributed by atoms with Crippen molar-refractivity contribution in [3.63, 3.8) is 0 Å². The van der Waals surface area contributed by atoms with Gasteiger partial charge in [0.2, 0.25) is 10.0 Å². The largest absolute Gasteiger partial charge is 0.387 e. The van der Waals surface area contributed by atoms with E-state index in [0.29, 0.717) is 24.1 Å². The normalized spacial score (nSPS) is 19.3. The fraction of sp³-hybridized carbons (Fsp3) is 0.240. The molecule has 2 unspecified atom stereocenters. The van der Waals surface area contributed by atoms with Crippen LogP contribution in [0.3, 0.4) is 0 Å². The fourth-order valence-corrected chi connectivity index (χ4v) is 6.65. The first-order valence-corrected chi connectivity index (χ1v) is 13.4. The minimum atomic E-state index is -4.02. The van der Waals surface area contributed by atoms with Crippen molar-refractivity contribution in [2.75, 3.05) is 11.4 Å². The van der Waals surface area contributed by atoms with Crippen LogP contribution in [-0.2, 0) is 21.4 Å². The van der Waals surface area contributed by atoms with Crippen LogP contribution < -0.4 is 4.90 Å². The lowest BCUT2D eigenvalue weighted by Crippen LogP contribution is -2.39. The third-order valence-corrected chi connectivity index (χ3v) is 8.89. The smallest absolute Gasteiger partial charge is 0.299 e. The van der Waals surface area contributed by atoms with Crippen molar-refractivity contribution >= 4 is 43.3 Å². The Morgan fingerprint density at radius 1 is 1.11 bits per heavy atom. The molecule has 0 aliphatic carbocycles. The summed E-state index contributed by atoms with van der Waals surface area (Å²) < 4.78 is 29.3. The summed E-state index contributed by atoms with van der Waals surface area (Å²) in [6.45, 7) is 0.451. The minimum absolute atomic E-state index is 0.0664. The summed E-state index contributed by atoms with van der Waals surface area (Å²) in [5, 5.41) is 10.9. The van der Waals surface area contributed by atoms with E-state index in [1.54, 1.807) is 18.3 Å². The fourth-order valence-electron chi connectivity index (χ4n) is 4.66. The lowest BCUT2D eigenvalue weighted by atomic mass is 10.0. The Labute approximate surface area is 211 Å². The van der Waals surface area contributed by atoms with Crippen LogP contribution >= 0.6 is 15.9 Å². The molecule has 1 saturated heterocycles. The second-order valence-electron chi connectivity index (χ2n) is 8.58. The standard InChI is InChI=1S/C25H22BrN3O5S/c26-18-7-5-16(6-8-18)15-28-21-10-9-19(13-20(21)24(31)25(28)32)35(33,34)29-12-2-4-22(29)23(30)17-3-1-11-27-14-17/h1,3,5-11,13-14,22-23,30H,2,4,12,15H2. The van der Waals surface area contributed by atoms with Gasteiger partial charge in [-0.15, -0.1) is 0 Å². The van der Waals surface area contributed by atoms with Gasteiger partial charge < -0.3 is 10.0 Å². The Morgan fingerprint density at radius 2 is 1.89 bits per heavy atom. The lowest BCUT2D eigenvalue weighted by Gasteiger charge is -2.28. The minimum Gasteiger partial charge on any atom is -0.387 e. The van der Waals surface area contributed by atoms with E-state index < -0.39 is 33.9 Å². The third-order valence-electron chi connectivity index (χ3n) is 6.44. The predicted molar refractivity (Wildman–Crippen MR) is 132 cm³/mol. The van der Waals surface area contributed by atoms with Gasteiger partial charge in [-0.1, -0.05) is 34.1 Å². The summed E-state index contributed by atoms with van der Waals surface area (Å²) in [5.74, 6) is -1.42. The molecule has 0 saturated carbocycles. The van der Waals surface area contributed by atoms with Gasteiger partial charge in [-0.3, -0.25) is 14.6 Å². The van der Waals surface area contributed by atoms with Crippen LogP contribution in [0.15, 0.2) is 76.4 Å². The molecule has 0 bridgehead atoms. The van der Waals surface area contributed by atoms with Crippen molar-refractivity contribution in [2.24, 2.45) is 0 Å². The van der Waals surface area contributed by atoms with Crippen LogP contribution in [0.2, 0.25) is 0 Å². The summed E-state index contributed by atoms with van der Waals surface area (Å²) in [5.41, 5.74) is 1.83. The molecule has 1 N–H and O–H groups in total. The van der Waals surface area contributed by atoms with Gasteiger partial charge in [-0.25, -0.2) is 8.42 Å². The highest BCUT2D eigenvalue weighted by atomic mass is 79.9. The van der Waals surface area contributed by atoms with Gasteiger partial charge in [0.05, 0.1) is 34.8 Å². The van der Waals surface area contributed by atoms with Gasteiger partial charge in [-0.2, -0.15) is 4.31 Å². The second-order valence-corrected chi connectivity index (χ2v) is 11.4. The number of aliphatic hydroxyl groups excluding tert-OH is 1. The number of carbonyl (C=O) groups excluding carboxylic acids is 2. The maximum absolute atomic E-state index is 13.6. The Kier molecular flexibility index (Phi) is 6.30. The zero-order valence-electron chi connectivity index (χ0n) is 18.5. The summed E-state index contributed by atoms with van der Waals surface area (Å²) >= 11 is 3.37. The number of carbonyl (C=O) groups is 2. The molecule has 10 heteroatoms. The molecule has 2 aromatic carbocycles. The molecule has 2 aliphatic heterocycles. The predicted octanol–water partition coefficient (Wildman–Crippen LogP) is 3.46. The van der Waals surface area contributed by atoms with E-state index in [-0.39, 0.29) is 23.5 Å². The molecular weight excluding hydrogens is 534 g/mol. The maximum atomic E-state index is 13.6. The number of nitrogens with zero attached hydrogens (tertiary/aromatic N) is 3. The Morgan fingerprint density at radius 3 is 2.60 bits per heavy atom.